The maximum absolute atomic E-state index is 12.7. The number of thioether (sulfide) groups is 1. The van der Waals surface area contributed by atoms with Crippen LogP contribution >= 0.6 is 11.8 Å². The summed E-state index contributed by atoms with van der Waals surface area (Å²) >= 11 is 1.75. The van der Waals surface area contributed by atoms with Crippen molar-refractivity contribution in [3.63, 3.8) is 0 Å². The summed E-state index contributed by atoms with van der Waals surface area (Å²) in [5.74, 6) is 1.04. The van der Waals surface area contributed by atoms with Crippen molar-refractivity contribution in [1.29, 1.82) is 0 Å². The third-order valence-corrected chi connectivity index (χ3v) is 6.89. The third-order valence-electron chi connectivity index (χ3n) is 6.24. The zero-order valence-corrected chi connectivity index (χ0v) is 23.1. The molecule has 1 atom stereocenters. The van der Waals surface area contributed by atoms with Gasteiger partial charge in [-0.05, 0) is 38.2 Å². The number of aromatic nitrogens is 4. The molecular weight excluding hydrogens is 482 g/mol. The molecule has 0 aliphatic heterocycles. The molecule has 0 fully saturated rings. The molecule has 2 aromatic rings. The zero-order chi connectivity index (χ0) is 26.3. The first-order valence-electron chi connectivity index (χ1n) is 13.0. The molecule has 0 radical (unpaired) electrons. The van der Waals surface area contributed by atoms with Crippen molar-refractivity contribution in [3.05, 3.63) is 27.2 Å². The van der Waals surface area contributed by atoms with E-state index in [1.165, 1.54) is 9.13 Å². The van der Waals surface area contributed by atoms with E-state index in [0.29, 0.717) is 37.3 Å². The second-order valence-corrected chi connectivity index (χ2v) is 10.1. The maximum Gasteiger partial charge on any atom is 0.332 e. The fourth-order valence-corrected chi connectivity index (χ4v) is 4.70. The minimum atomic E-state index is -0.312. The number of amides is 1. The zero-order valence-electron chi connectivity index (χ0n) is 22.3. The number of hydrogen-bond donors (Lipinski definition) is 1. The number of carbonyl (C=O) groups excluding carboxylic acids is 1. The van der Waals surface area contributed by atoms with E-state index in [9.17, 15) is 14.4 Å². The summed E-state index contributed by atoms with van der Waals surface area (Å²) in [7, 11) is 3.42. The number of imidazole rings is 1. The molecule has 0 saturated heterocycles. The van der Waals surface area contributed by atoms with Crippen LogP contribution in [0.4, 0.5) is 0 Å². The topological polar surface area (TPSA) is 109 Å². The minimum Gasteiger partial charge on any atom is -0.351 e. The summed E-state index contributed by atoms with van der Waals surface area (Å²) in [5, 5.41) is 3.06. The summed E-state index contributed by atoms with van der Waals surface area (Å²) in [4.78, 5) is 51.7. The van der Waals surface area contributed by atoms with Gasteiger partial charge in [-0.15, -0.1) is 0 Å². The average molecular weight is 526 g/mol. The molecule has 204 valence electrons. The van der Waals surface area contributed by atoms with Gasteiger partial charge in [0.15, 0.2) is 11.2 Å². The Morgan fingerprint density at radius 3 is 2.39 bits per heavy atom. The van der Waals surface area contributed by atoms with Crippen molar-refractivity contribution < 1.29 is 14.6 Å². The lowest BCUT2D eigenvalue weighted by Crippen LogP contribution is -2.39. The molecule has 0 aliphatic rings. The predicted octanol–water partition coefficient (Wildman–Crippen LogP) is 3.15. The fourth-order valence-electron chi connectivity index (χ4n) is 4.18. The Morgan fingerprint density at radius 2 is 1.72 bits per heavy atom. The molecule has 11 heteroatoms. The first kappa shape index (κ1) is 30.1. The second-order valence-electron chi connectivity index (χ2n) is 9.14. The number of aryl methyl sites for hydroxylation is 2. The molecule has 0 aliphatic carbocycles. The Labute approximate surface area is 217 Å². The van der Waals surface area contributed by atoms with Crippen LogP contribution in [-0.4, -0.2) is 55.9 Å². The van der Waals surface area contributed by atoms with Crippen LogP contribution in [0, 0.1) is 0 Å². The van der Waals surface area contributed by atoms with E-state index in [1.54, 1.807) is 36.8 Å². The van der Waals surface area contributed by atoms with E-state index in [1.807, 2.05) is 6.92 Å². The van der Waals surface area contributed by atoms with Gasteiger partial charge in [-0.25, -0.2) is 19.6 Å². The predicted molar refractivity (Wildman–Crippen MR) is 144 cm³/mol. The summed E-state index contributed by atoms with van der Waals surface area (Å²) in [5.41, 5.74) is 0.300. The molecule has 2 rings (SSSR count). The number of nitrogens with zero attached hydrogens (tertiary/aromatic N) is 4. The van der Waals surface area contributed by atoms with Gasteiger partial charge in [-0.3, -0.25) is 18.7 Å². The number of unbranched alkanes of at least 4 members (excludes halogenated alkanes) is 7. The monoisotopic (exact) mass is 525 g/mol. The van der Waals surface area contributed by atoms with Crippen LogP contribution in [0.15, 0.2) is 15.9 Å². The van der Waals surface area contributed by atoms with Crippen molar-refractivity contribution in [2.45, 2.75) is 83.7 Å². The van der Waals surface area contributed by atoms with Crippen LogP contribution in [0.2, 0.25) is 0 Å². The fraction of sp³-hybridized carbons (Fsp3) is 0.760. The Kier molecular flexibility index (Phi) is 13.9. The van der Waals surface area contributed by atoms with E-state index < -0.39 is 0 Å². The number of fused-ring (bicyclic) bond motifs is 1. The van der Waals surface area contributed by atoms with E-state index in [4.69, 9.17) is 9.78 Å². The number of nitrogens with one attached hydrogen (secondary N) is 1. The van der Waals surface area contributed by atoms with Crippen LogP contribution in [0.25, 0.3) is 11.2 Å². The lowest BCUT2D eigenvalue weighted by Gasteiger charge is -2.17. The van der Waals surface area contributed by atoms with Crippen LogP contribution < -0.4 is 16.6 Å². The van der Waals surface area contributed by atoms with Crippen LogP contribution in [0.3, 0.4) is 0 Å². The molecule has 0 aromatic carbocycles. The van der Waals surface area contributed by atoms with Gasteiger partial charge in [0.2, 0.25) is 5.91 Å². The minimum absolute atomic E-state index is 0.0152. The van der Waals surface area contributed by atoms with Crippen molar-refractivity contribution in [3.8, 4) is 0 Å². The molecular formula is C25H43N5O5S. The van der Waals surface area contributed by atoms with Gasteiger partial charge in [0.05, 0.1) is 19.0 Å². The van der Waals surface area contributed by atoms with E-state index >= 15 is 0 Å². The van der Waals surface area contributed by atoms with Crippen LogP contribution in [0.1, 0.15) is 71.1 Å². The second kappa shape index (κ2) is 16.6. The van der Waals surface area contributed by atoms with Gasteiger partial charge in [0.25, 0.3) is 5.56 Å². The highest BCUT2D eigenvalue weighted by Crippen LogP contribution is 2.11. The van der Waals surface area contributed by atoms with Crippen LogP contribution in [-0.2, 0) is 35.2 Å². The lowest BCUT2D eigenvalue weighted by molar-refractivity contribution is -0.294. The van der Waals surface area contributed by atoms with Crippen molar-refractivity contribution in [2.24, 2.45) is 14.1 Å². The van der Waals surface area contributed by atoms with Gasteiger partial charge >= 0.3 is 5.69 Å². The SMILES string of the molecule is CCOOCC(CCSC)NC(=O)CCCCCCCCCCn1c(=O)c2c(ncn2C)n(C)c1=O. The smallest absolute Gasteiger partial charge is 0.332 e. The van der Waals surface area contributed by atoms with Gasteiger partial charge in [0.1, 0.15) is 6.61 Å². The first-order chi connectivity index (χ1) is 17.4. The Hall–Kier alpha value is -2.11. The van der Waals surface area contributed by atoms with E-state index in [-0.39, 0.29) is 23.2 Å². The van der Waals surface area contributed by atoms with Crippen molar-refractivity contribution >= 4 is 28.8 Å². The highest BCUT2D eigenvalue weighted by atomic mass is 32.2. The molecule has 10 nitrogen and oxygen atoms in total. The Balaban J connectivity index is 1.58. The molecule has 1 amide bonds. The largest absolute Gasteiger partial charge is 0.351 e. The van der Waals surface area contributed by atoms with E-state index in [0.717, 1.165) is 63.5 Å². The molecule has 1 N–H and O–H groups in total. The number of carbonyl (C=O) groups is 1. The standard InChI is InChI=1S/C25H43N5O5S/c1-5-34-35-18-20(15-17-36-4)27-21(31)14-12-10-8-6-7-9-11-13-16-30-24(32)22-23(26-19-28(22)2)29(3)25(30)33/h19-20H,5-18H2,1-4H3,(H,27,31). The molecule has 2 heterocycles. The average Bonchev–Trinajstić information content (AvgIpc) is 3.25. The molecule has 2 aromatic heterocycles. The highest BCUT2D eigenvalue weighted by molar-refractivity contribution is 7.98. The highest BCUT2D eigenvalue weighted by Gasteiger charge is 2.15. The molecule has 0 bridgehead atoms. The molecule has 1 unspecified atom stereocenters. The lowest BCUT2D eigenvalue weighted by atomic mass is 10.1. The quantitative estimate of drug-likeness (QED) is 0.170. The third kappa shape index (κ3) is 9.40. The van der Waals surface area contributed by atoms with Gasteiger partial charge in [-0.1, -0.05) is 38.5 Å². The van der Waals surface area contributed by atoms with Gasteiger partial charge in [0, 0.05) is 27.1 Å². The summed E-state index contributed by atoms with van der Waals surface area (Å²) in [6, 6.07) is -0.0152. The maximum atomic E-state index is 12.7. The molecule has 36 heavy (non-hydrogen) atoms. The molecule has 0 saturated carbocycles. The van der Waals surface area contributed by atoms with Gasteiger partial charge in [-0.2, -0.15) is 11.8 Å². The van der Waals surface area contributed by atoms with Crippen LogP contribution in [0.5, 0.6) is 0 Å². The summed E-state index contributed by atoms with van der Waals surface area (Å²) in [6.45, 7) is 3.16. The summed E-state index contributed by atoms with van der Waals surface area (Å²) < 4.78 is 4.43. The van der Waals surface area contributed by atoms with Gasteiger partial charge < -0.3 is 9.88 Å². The normalized spacial score (nSPS) is 12.3. The summed E-state index contributed by atoms with van der Waals surface area (Å²) in [6.07, 6.45) is 13.1. The number of rotatable bonds is 19. The Morgan fingerprint density at radius 1 is 1.06 bits per heavy atom. The van der Waals surface area contributed by atoms with Crippen molar-refractivity contribution in [2.75, 3.05) is 25.2 Å². The Bertz CT molecular complexity index is 1050. The first-order valence-corrected chi connectivity index (χ1v) is 14.4. The number of hydrogen-bond acceptors (Lipinski definition) is 7. The van der Waals surface area contributed by atoms with Crippen molar-refractivity contribution in [1.82, 2.24) is 24.0 Å². The molecule has 0 spiro atoms. The van der Waals surface area contributed by atoms with E-state index in [2.05, 4.69) is 16.6 Å².